The maximum absolute atomic E-state index is 11.4. The molecule has 1 aliphatic rings. The lowest BCUT2D eigenvalue weighted by atomic mass is 10.2. The molecule has 0 saturated heterocycles. The standard InChI is InChI=1S/C13H21N3O/c1-2-3-4-12(17)14-7-9-16-10-8-15-13(16)11-5-6-11/h8,10-11H,2-7,9H2,1H3,(H,14,17). The van der Waals surface area contributed by atoms with Crippen LogP contribution < -0.4 is 5.32 Å². The van der Waals surface area contributed by atoms with Gasteiger partial charge in [0.15, 0.2) is 0 Å². The minimum absolute atomic E-state index is 0.167. The van der Waals surface area contributed by atoms with Crippen LogP contribution in [0.2, 0.25) is 0 Å². The summed E-state index contributed by atoms with van der Waals surface area (Å²) in [5, 5.41) is 2.95. The Hall–Kier alpha value is -1.32. The van der Waals surface area contributed by atoms with Gasteiger partial charge in [0.25, 0.3) is 0 Å². The maximum atomic E-state index is 11.4. The molecule has 0 bridgehead atoms. The van der Waals surface area contributed by atoms with Crippen LogP contribution in [0.3, 0.4) is 0 Å². The van der Waals surface area contributed by atoms with Crippen LogP contribution in [-0.4, -0.2) is 22.0 Å². The Kier molecular flexibility index (Phi) is 4.18. The summed E-state index contributed by atoms with van der Waals surface area (Å²) in [5.41, 5.74) is 0. The number of hydrogen-bond acceptors (Lipinski definition) is 2. The van der Waals surface area contributed by atoms with E-state index < -0.39 is 0 Å². The normalized spacial score (nSPS) is 14.9. The minimum Gasteiger partial charge on any atom is -0.354 e. The van der Waals surface area contributed by atoms with E-state index >= 15 is 0 Å². The molecule has 4 nitrogen and oxygen atoms in total. The summed E-state index contributed by atoms with van der Waals surface area (Å²) in [6.07, 6.45) is 9.08. The van der Waals surface area contributed by atoms with E-state index in [0.717, 1.165) is 19.4 Å². The van der Waals surface area contributed by atoms with E-state index in [4.69, 9.17) is 0 Å². The second-order valence-corrected chi connectivity index (χ2v) is 4.71. The van der Waals surface area contributed by atoms with Crippen LogP contribution in [0.25, 0.3) is 0 Å². The molecule has 4 heteroatoms. The number of hydrogen-bond donors (Lipinski definition) is 1. The molecule has 1 aromatic heterocycles. The highest BCUT2D eigenvalue weighted by atomic mass is 16.1. The minimum atomic E-state index is 0.167. The fourth-order valence-electron chi connectivity index (χ4n) is 1.95. The van der Waals surface area contributed by atoms with Gasteiger partial charge >= 0.3 is 0 Å². The molecule has 0 aromatic carbocycles. The number of amides is 1. The van der Waals surface area contributed by atoms with Crippen LogP contribution >= 0.6 is 0 Å². The summed E-state index contributed by atoms with van der Waals surface area (Å²) in [4.78, 5) is 15.8. The van der Waals surface area contributed by atoms with Crippen molar-refractivity contribution in [3.63, 3.8) is 0 Å². The van der Waals surface area contributed by atoms with E-state index in [1.807, 2.05) is 12.4 Å². The molecular formula is C13H21N3O. The molecule has 17 heavy (non-hydrogen) atoms. The summed E-state index contributed by atoms with van der Waals surface area (Å²) >= 11 is 0. The van der Waals surface area contributed by atoms with Crippen molar-refractivity contribution in [1.29, 1.82) is 0 Å². The number of rotatable bonds is 7. The van der Waals surface area contributed by atoms with E-state index in [1.54, 1.807) is 0 Å². The van der Waals surface area contributed by atoms with Crippen molar-refractivity contribution in [3.8, 4) is 0 Å². The lowest BCUT2D eigenvalue weighted by Crippen LogP contribution is -2.27. The molecule has 1 heterocycles. The molecule has 1 aromatic rings. The Morgan fingerprint density at radius 2 is 2.41 bits per heavy atom. The Morgan fingerprint density at radius 3 is 3.12 bits per heavy atom. The van der Waals surface area contributed by atoms with E-state index in [1.165, 1.54) is 18.7 Å². The van der Waals surface area contributed by atoms with Crippen molar-refractivity contribution < 1.29 is 4.79 Å². The van der Waals surface area contributed by atoms with Gasteiger partial charge in [-0.1, -0.05) is 13.3 Å². The fraction of sp³-hybridized carbons (Fsp3) is 0.692. The third-order valence-electron chi connectivity index (χ3n) is 3.12. The highest BCUT2D eigenvalue weighted by molar-refractivity contribution is 5.75. The van der Waals surface area contributed by atoms with Crippen LogP contribution in [0.15, 0.2) is 12.4 Å². The molecule has 0 aliphatic heterocycles. The number of aromatic nitrogens is 2. The first-order valence-electron chi connectivity index (χ1n) is 6.59. The smallest absolute Gasteiger partial charge is 0.220 e. The molecular weight excluding hydrogens is 214 g/mol. The number of carbonyl (C=O) groups excluding carboxylic acids is 1. The van der Waals surface area contributed by atoms with Gasteiger partial charge in [-0.15, -0.1) is 0 Å². The van der Waals surface area contributed by atoms with Crippen molar-refractivity contribution in [1.82, 2.24) is 14.9 Å². The number of unbranched alkanes of at least 4 members (excludes halogenated alkanes) is 1. The third-order valence-corrected chi connectivity index (χ3v) is 3.12. The number of carbonyl (C=O) groups is 1. The van der Waals surface area contributed by atoms with Crippen molar-refractivity contribution >= 4 is 5.91 Å². The second-order valence-electron chi connectivity index (χ2n) is 4.71. The predicted octanol–water partition coefficient (Wildman–Crippen LogP) is 2.07. The van der Waals surface area contributed by atoms with E-state index in [9.17, 15) is 4.79 Å². The zero-order chi connectivity index (χ0) is 12.1. The topological polar surface area (TPSA) is 46.9 Å². The molecule has 0 spiro atoms. The molecule has 0 unspecified atom stereocenters. The molecule has 0 radical (unpaired) electrons. The molecule has 0 atom stereocenters. The van der Waals surface area contributed by atoms with Gasteiger partial charge in [-0.3, -0.25) is 4.79 Å². The lowest BCUT2D eigenvalue weighted by Gasteiger charge is -2.08. The van der Waals surface area contributed by atoms with Crippen LogP contribution in [0.5, 0.6) is 0 Å². The number of nitrogens with zero attached hydrogens (tertiary/aromatic N) is 2. The van der Waals surface area contributed by atoms with Crippen LogP contribution in [-0.2, 0) is 11.3 Å². The van der Waals surface area contributed by atoms with Crippen molar-refractivity contribution in [2.45, 2.75) is 51.5 Å². The van der Waals surface area contributed by atoms with Gasteiger partial charge < -0.3 is 9.88 Å². The maximum Gasteiger partial charge on any atom is 0.220 e. The van der Waals surface area contributed by atoms with Gasteiger partial charge in [-0.25, -0.2) is 4.98 Å². The van der Waals surface area contributed by atoms with Crippen molar-refractivity contribution in [3.05, 3.63) is 18.2 Å². The summed E-state index contributed by atoms with van der Waals surface area (Å²) in [5.74, 6) is 2.02. The molecule has 1 N–H and O–H groups in total. The summed E-state index contributed by atoms with van der Waals surface area (Å²) < 4.78 is 2.16. The Labute approximate surface area is 102 Å². The summed E-state index contributed by atoms with van der Waals surface area (Å²) in [6, 6.07) is 0. The first kappa shape index (κ1) is 12.1. The second kappa shape index (κ2) is 5.84. The molecule has 1 fully saturated rings. The van der Waals surface area contributed by atoms with E-state index in [-0.39, 0.29) is 5.91 Å². The largest absolute Gasteiger partial charge is 0.354 e. The zero-order valence-electron chi connectivity index (χ0n) is 10.5. The molecule has 2 rings (SSSR count). The van der Waals surface area contributed by atoms with Gasteiger partial charge in [0, 0.05) is 37.8 Å². The third kappa shape index (κ3) is 3.58. The van der Waals surface area contributed by atoms with Crippen LogP contribution in [0.4, 0.5) is 0 Å². The summed E-state index contributed by atoms with van der Waals surface area (Å²) in [7, 11) is 0. The molecule has 1 aliphatic carbocycles. The Morgan fingerprint density at radius 1 is 1.59 bits per heavy atom. The predicted molar refractivity (Wildman–Crippen MR) is 66.7 cm³/mol. The molecule has 1 amide bonds. The van der Waals surface area contributed by atoms with Gasteiger partial charge in [-0.05, 0) is 19.3 Å². The Bertz CT molecular complexity index is 368. The van der Waals surface area contributed by atoms with Gasteiger partial charge in [0.2, 0.25) is 5.91 Å². The van der Waals surface area contributed by atoms with Gasteiger partial charge in [-0.2, -0.15) is 0 Å². The quantitative estimate of drug-likeness (QED) is 0.786. The zero-order valence-corrected chi connectivity index (χ0v) is 10.5. The summed E-state index contributed by atoms with van der Waals surface area (Å²) in [6.45, 7) is 3.64. The lowest BCUT2D eigenvalue weighted by molar-refractivity contribution is -0.121. The molecule has 94 valence electrons. The Balaban J connectivity index is 1.70. The van der Waals surface area contributed by atoms with Crippen molar-refractivity contribution in [2.24, 2.45) is 0 Å². The SMILES string of the molecule is CCCCC(=O)NCCn1ccnc1C1CC1. The number of imidazole rings is 1. The van der Waals surface area contributed by atoms with Gasteiger partial charge in [0.1, 0.15) is 5.82 Å². The average molecular weight is 235 g/mol. The monoisotopic (exact) mass is 235 g/mol. The number of nitrogens with one attached hydrogen (secondary N) is 1. The first-order valence-corrected chi connectivity index (χ1v) is 6.59. The van der Waals surface area contributed by atoms with Crippen LogP contribution in [0, 0.1) is 0 Å². The fourth-order valence-corrected chi connectivity index (χ4v) is 1.95. The molecule has 1 saturated carbocycles. The van der Waals surface area contributed by atoms with Crippen molar-refractivity contribution in [2.75, 3.05) is 6.54 Å². The average Bonchev–Trinajstić information content (AvgIpc) is 3.07. The highest BCUT2D eigenvalue weighted by Crippen LogP contribution is 2.38. The van der Waals surface area contributed by atoms with Gasteiger partial charge in [0.05, 0.1) is 0 Å². The van der Waals surface area contributed by atoms with Crippen LogP contribution in [0.1, 0.15) is 50.8 Å². The first-order chi connectivity index (χ1) is 8.31. The van der Waals surface area contributed by atoms with E-state index in [2.05, 4.69) is 21.8 Å². The highest BCUT2D eigenvalue weighted by Gasteiger charge is 2.27. The van der Waals surface area contributed by atoms with E-state index in [0.29, 0.717) is 18.9 Å².